The molecule has 0 radical (unpaired) electrons. The minimum Gasteiger partial charge on any atom is -0.442 e. The number of aliphatic hydroxyl groups is 2. The van der Waals surface area contributed by atoms with Crippen LogP contribution >= 0.6 is 0 Å². The normalized spacial score (nSPS) is 19.1. The summed E-state index contributed by atoms with van der Waals surface area (Å²) >= 11 is 0. The number of halogens is 1. The van der Waals surface area contributed by atoms with Crippen molar-refractivity contribution in [3.05, 3.63) is 47.8 Å². The highest BCUT2D eigenvalue weighted by Gasteiger charge is 2.33. The number of cyclic esters (lactones) is 1. The molecule has 5 rings (SSSR count). The molecule has 2 fully saturated rings. The molecule has 0 unspecified atom stereocenters. The lowest BCUT2D eigenvalue weighted by molar-refractivity contribution is 0.129. The second-order valence-electron chi connectivity index (χ2n) is 8.39. The van der Waals surface area contributed by atoms with Gasteiger partial charge in [0.05, 0.1) is 61.8 Å². The quantitative estimate of drug-likeness (QED) is 0.513. The number of carbonyl (C=O) groups excluding carboxylic acids is 1. The van der Waals surface area contributed by atoms with E-state index in [0.717, 1.165) is 12.8 Å². The van der Waals surface area contributed by atoms with Crippen LogP contribution < -0.4 is 9.80 Å². The monoisotopic (exact) mass is 472 g/mol. The minimum absolute atomic E-state index is 0.109. The first-order valence-corrected chi connectivity index (χ1v) is 11.1. The zero-order valence-electron chi connectivity index (χ0n) is 18.4. The number of piperidine rings is 1. The molecule has 2 aromatic heterocycles. The molecule has 4 heterocycles. The summed E-state index contributed by atoms with van der Waals surface area (Å²) in [7, 11) is 0. The van der Waals surface area contributed by atoms with Crippen LogP contribution in [0.25, 0.3) is 0 Å². The topological polar surface area (TPSA) is 135 Å². The lowest BCUT2D eigenvalue weighted by Gasteiger charge is -2.34. The Bertz CT molecular complexity index is 1160. The van der Waals surface area contributed by atoms with Gasteiger partial charge in [0.15, 0.2) is 0 Å². The van der Waals surface area contributed by atoms with Gasteiger partial charge in [-0.05, 0) is 31.0 Å². The van der Waals surface area contributed by atoms with Gasteiger partial charge in [-0.25, -0.2) is 18.5 Å². The van der Waals surface area contributed by atoms with Crippen LogP contribution in [0.2, 0.25) is 0 Å². The molecule has 0 aliphatic carbocycles. The molecule has 0 saturated carbocycles. The molecule has 3 aromatic rings. The highest BCUT2D eigenvalue weighted by molar-refractivity contribution is 5.90. The van der Waals surface area contributed by atoms with E-state index in [1.807, 2.05) is 4.90 Å². The predicted octanol–water partition coefficient (Wildman–Crippen LogP) is 0.860. The maximum absolute atomic E-state index is 15.1. The van der Waals surface area contributed by atoms with Crippen molar-refractivity contribution in [2.45, 2.75) is 44.7 Å². The molecule has 12 nitrogen and oxygen atoms in total. The number of anilines is 2. The second-order valence-corrected chi connectivity index (χ2v) is 8.39. The third-order valence-corrected chi connectivity index (χ3v) is 6.22. The molecule has 2 aliphatic rings. The highest BCUT2D eigenvalue weighted by Crippen LogP contribution is 2.32. The second kappa shape index (κ2) is 9.35. The van der Waals surface area contributed by atoms with Gasteiger partial charge in [-0.15, -0.1) is 10.2 Å². The fourth-order valence-corrected chi connectivity index (χ4v) is 4.49. The molecule has 2 aliphatic heterocycles. The molecule has 180 valence electrons. The summed E-state index contributed by atoms with van der Waals surface area (Å²) in [6, 6.07) is 4.86. The molecule has 1 amide bonds. The van der Waals surface area contributed by atoms with Gasteiger partial charge in [-0.1, -0.05) is 10.4 Å². The zero-order chi connectivity index (χ0) is 23.7. The number of benzene rings is 1. The standard InChI is InChI=1S/C21H25FN8O4/c22-19-7-16(29-11-18(34-21(29)33)10-28-9-14(12-31)24-26-28)1-2-20(19)27-5-3-15(4-6-27)30-17(13-32)8-23-25-30/h1-2,7-9,15,18,31-32H,3-6,10-13H2/t18-/m0/s1. The van der Waals surface area contributed by atoms with Crippen LogP contribution in [0, 0.1) is 5.82 Å². The van der Waals surface area contributed by atoms with Gasteiger partial charge in [0.1, 0.15) is 17.6 Å². The Balaban J connectivity index is 1.22. The van der Waals surface area contributed by atoms with Gasteiger partial charge < -0.3 is 19.8 Å². The first kappa shape index (κ1) is 22.2. The van der Waals surface area contributed by atoms with Gasteiger partial charge in [0.2, 0.25) is 0 Å². The Morgan fingerprint density at radius 2 is 1.97 bits per heavy atom. The molecule has 1 aromatic carbocycles. The molecule has 13 heteroatoms. The summed E-state index contributed by atoms with van der Waals surface area (Å²) in [5.74, 6) is -0.409. The molecule has 0 bridgehead atoms. The van der Waals surface area contributed by atoms with Crippen LogP contribution in [-0.4, -0.2) is 72.0 Å². The van der Waals surface area contributed by atoms with Crippen molar-refractivity contribution in [2.75, 3.05) is 29.4 Å². The summed E-state index contributed by atoms with van der Waals surface area (Å²) in [6.07, 6.45) is 3.62. The molecular weight excluding hydrogens is 447 g/mol. The Kier molecular flexibility index (Phi) is 6.11. The zero-order valence-corrected chi connectivity index (χ0v) is 18.4. The van der Waals surface area contributed by atoms with E-state index in [-0.39, 0.29) is 32.3 Å². The lowest BCUT2D eigenvalue weighted by Crippen LogP contribution is -2.36. The van der Waals surface area contributed by atoms with Crippen molar-refractivity contribution in [1.82, 2.24) is 30.0 Å². The molecule has 2 N–H and O–H groups in total. The largest absolute Gasteiger partial charge is 0.442 e. The van der Waals surface area contributed by atoms with Crippen LogP contribution in [0.1, 0.15) is 30.3 Å². The van der Waals surface area contributed by atoms with Crippen molar-refractivity contribution in [2.24, 2.45) is 0 Å². The Morgan fingerprint density at radius 3 is 2.68 bits per heavy atom. The Hall–Kier alpha value is -3.58. The van der Waals surface area contributed by atoms with Crippen molar-refractivity contribution < 1.29 is 24.1 Å². The van der Waals surface area contributed by atoms with Crippen molar-refractivity contribution in [3.63, 3.8) is 0 Å². The maximum Gasteiger partial charge on any atom is 0.414 e. The van der Waals surface area contributed by atoms with Gasteiger partial charge in [-0.2, -0.15) is 0 Å². The number of hydrogen-bond acceptors (Lipinski definition) is 9. The number of nitrogens with zero attached hydrogens (tertiary/aromatic N) is 8. The van der Waals surface area contributed by atoms with Crippen molar-refractivity contribution >= 4 is 17.5 Å². The number of hydrogen-bond donors (Lipinski definition) is 2. The van der Waals surface area contributed by atoms with E-state index in [9.17, 15) is 9.90 Å². The number of ether oxygens (including phenoxy) is 1. The summed E-state index contributed by atoms with van der Waals surface area (Å²) in [6.45, 7) is 1.47. The van der Waals surface area contributed by atoms with Crippen molar-refractivity contribution in [3.8, 4) is 0 Å². The fraction of sp³-hybridized carbons (Fsp3) is 0.476. The van der Waals surface area contributed by atoms with Crippen LogP contribution in [0.15, 0.2) is 30.6 Å². The fourth-order valence-electron chi connectivity index (χ4n) is 4.49. The summed E-state index contributed by atoms with van der Waals surface area (Å²) in [4.78, 5) is 15.8. The van der Waals surface area contributed by atoms with Crippen molar-refractivity contribution in [1.29, 1.82) is 0 Å². The van der Waals surface area contributed by atoms with E-state index in [0.29, 0.717) is 35.9 Å². The SMILES string of the molecule is O=C1O[C@@H](Cn2cc(CO)nn2)CN1c1ccc(N2CCC(n3nncc3CO)CC2)c(F)c1. The van der Waals surface area contributed by atoms with E-state index in [2.05, 4.69) is 20.6 Å². The number of amides is 1. The van der Waals surface area contributed by atoms with Gasteiger partial charge in [-0.3, -0.25) is 4.90 Å². The number of aliphatic hydroxyl groups excluding tert-OH is 2. The predicted molar refractivity (Wildman–Crippen MR) is 116 cm³/mol. The first-order valence-electron chi connectivity index (χ1n) is 11.1. The van der Waals surface area contributed by atoms with Gasteiger partial charge in [0, 0.05) is 13.1 Å². The summed E-state index contributed by atoms with van der Waals surface area (Å²) in [5.41, 5.74) is 2.00. The lowest BCUT2D eigenvalue weighted by atomic mass is 10.0. The highest BCUT2D eigenvalue weighted by atomic mass is 19.1. The van der Waals surface area contributed by atoms with E-state index in [1.54, 1.807) is 29.2 Å². The van der Waals surface area contributed by atoms with Crippen LogP contribution in [0.3, 0.4) is 0 Å². The molecule has 1 atom stereocenters. The average Bonchev–Trinajstić information content (AvgIpc) is 3.59. The van der Waals surface area contributed by atoms with E-state index < -0.39 is 18.0 Å². The summed E-state index contributed by atoms with van der Waals surface area (Å²) in [5, 5.41) is 34.2. The van der Waals surface area contributed by atoms with Gasteiger partial charge >= 0.3 is 6.09 Å². The molecular formula is C21H25FN8O4. The minimum atomic E-state index is -0.548. The molecule has 2 saturated heterocycles. The average molecular weight is 472 g/mol. The van der Waals surface area contributed by atoms with Crippen LogP contribution in [0.4, 0.5) is 20.6 Å². The number of carbonyl (C=O) groups is 1. The Morgan fingerprint density at radius 1 is 1.15 bits per heavy atom. The number of aromatic nitrogens is 6. The van der Waals surface area contributed by atoms with E-state index in [4.69, 9.17) is 9.84 Å². The molecule has 34 heavy (non-hydrogen) atoms. The number of rotatable bonds is 7. The van der Waals surface area contributed by atoms with E-state index >= 15 is 4.39 Å². The first-order chi connectivity index (χ1) is 16.6. The smallest absolute Gasteiger partial charge is 0.414 e. The third-order valence-electron chi connectivity index (χ3n) is 6.22. The van der Waals surface area contributed by atoms with Crippen LogP contribution in [0.5, 0.6) is 0 Å². The maximum atomic E-state index is 15.1. The summed E-state index contributed by atoms with van der Waals surface area (Å²) < 4.78 is 23.7. The van der Waals surface area contributed by atoms with Gasteiger partial charge in [0.25, 0.3) is 0 Å². The third kappa shape index (κ3) is 4.31. The molecule has 0 spiro atoms. The Labute approximate surface area is 194 Å². The van der Waals surface area contributed by atoms with Crippen LogP contribution in [-0.2, 0) is 24.5 Å². The van der Waals surface area contributed by atoms with E-state index in [1.165, 1.54) is 15.6 Å².